The Morgan fingerprint density at radius 1 is 1.09 bits per heavy atom. The average Bonchev–Trinajstić information content (AvgIpc) is 2.82. The molecule has 0 aliphatic carbocycles. The van der Waals surface area contributed by atoms with E-state index in [9.17, 15) is 0 Å². The molecule has 1 aliphatic heterocycles. The molecule has 1 fully saturated rings. The van der Waals surface area contributed by atoms with Crippen LogP contribution in [0, 0.1) is 5.41 Å². The molecule has 0 bridgehead atoms. The second-order valence-electron chi connectivity index (χ2n) is 4.69. The third-order valence-electron chi connectivity index (χ3n) is 3.14. The number of hydrazone groups is 1. The van der Waals surface area contributed by atoms with Crippen molar-refractivity contribution >= 4 is 34.5 Å². The van der Waals surface area contributed by atoms with Gasteiger partial charge in [0.05, 0.1) is 17.1 Å². The molecule has 0 unspecified atom stereocenters. The number of hydrogen-bond acceptors (Lipinski definition) is 4. The average molecular weight is 312 g/mol. The van der Waals surface area contributed by atoms with Gasteiger partial charge in [-0.1, -0.05) is 36.4 Å². The minimum atomic E-state index is 0.234. The van der Waals surface area contributed by atoms with E-state index in [0.29, 0.717) is 16.4 Å². The lowest BCUT2D eigenvalue weighted by molar-refractivity contribution is 0.921. The summed E-state index contributed by atoms with van der Waals surface area (Å²) in [6, 6.07) is 16.7. The highest BCUT2D eigenvalue weighted by Gasteiger charge is 2.28. The molecule has 5 nitrogen and oxygen atoms in total. The largest absolute Gasteiger partial charge is 0.291 e. The van der Waals surface area contributed by atoms with Crippen LogP contribution in [0.2, 0.25) is 5.02 Å². The predicted molar refractivity (Wildman–Crippen MR) is 91.4 cm³/mol. The van der Waals surface area contributed by atoms with Crippen molar-refractivity contribution in [2.45, 2.75) is 0 Å². The van der Waals surface area contributed by atoms with Gasteiger partial charge in [0, 0.05) is 5.02 Å². The van der Waals surface area contributed by atoms with Crippen molar-refractivity contribution in [1.29, 1.82) is 5.41 Å². The third-order valence-corrected chi connectivity index (χ3v) is 3.39. The molecular weight excluding hydrogens is 298 g/mol. The molecule has 0 saturated carbocycles. The topological polar surface area (TPSA) is 63.5 Å². The van der Waals surface area contributed by atoms with Gasteiger partial charge in [-0.3, -0.25) is 16.3 Å². The van der Waals surface area contributed by atoms with Gasteiger partial charge in [-0.25, -0.2) is 5.01 Å². The Balaban J connectivity index is 1.79. The Kier molecular flexibility index (Phi) is 3.80. The predicted octanol–water partition coefficient (Wildman–Crippen LogP) is 3.62. The van der Waals surface area contributed by atoms with Gasteiger partial charge in [-0.2, -0.15) is 5.10 Å². The first-order valence-electron chi connectivity index (χ1n) is 6.64. The highest BCUT2D eigenvalue weighted by atomic mass is 35.5. The quantitative estimate of drug-likeness (QED) is 0.759. The molecule has 2 aromatic rings. The molecule has 0 radical (unpaired) electrons. The summed E-state index contributed by atoms with van der Waals surface area (Å²) in [5, 5.41) is 14.8. The number of anilines is 2. The summed E-state index contributed by atoms with van der Waals surface area (Å²) in [6.07, 6.45) is 0. The summed E-state index contributed by atoms with van der Waals surface area (Å²) in [5.74, 6) is 0.234. The number of amidine groups is 1. The van der Waals surface area contributed by atoms with Gasteiger partial charge < -0.3 is 0 Å². The van der Waals surface area contributed by atoms with E-state index in [1.807, 2.05) is 42.5 Å². The van der Waals surface area contributed by atoms with Crippen molar-refractivity contribution in [3.8, 4) is 0 Å². The van der Waals surface area contributed by atoms with Gasteiger partial charge in [0.25, 0.3) is 0 Å². The molecule has 1 aliphatic rings. The Bertz CT molecular complexity index is 737. The molecule has 0 aromatic heterocycles. The summed E-state index contributed by atoms with van der Waals surface area (Å²) in [5.41, 5.74) is 8.61. The molecule has 110 valence electrons. The molecule has 6 heteroatoms. The zero-order valence-electron chi connectivity index (χ0n) is 11.7. The summed E-state index contributed by atoms with van der Waals surface area (Å²) in [7, 11) is 0. The molecular formula is C16H14ClN5. The van der Waals surface area contributed by atoms with Crippen LogP contribution in [-0.2, 0) is 0 Å². The van der Waals surface area contributed by atoms with Crippen LogP contribution in [0.15, 0.2) is 72.0 Å². The Labute approximate surface area is 133 Å². The molecule has 0 spiro atoms. The summed E-state index contributed by atoms with van der Waals surface area (Å²) >= 11 is 5.84. The second-order valence-corrected chi connectivity index (χ2v) is 5.13. The van der Waals surface area contributed by atoms with Crippen LogP contribution >= 0.6 is 11.6 Å². The highest BCUT2D eigenvalue weighted by Crippen LogP contribution is 2.19. The number of hydrogen-bond donors (Lipinski definition) is 3. The lowest BCUT2D eigenvalue weighted by Gasteiger charge is -2.16. The summed E-state index contributed by atoms with van der Waals surface area (Å²) in [4.78, 5) is 0. The van der Waals surface area contributed by atoms with Gasteiger partial charge in [-0.15, -0.1) is 0 Å². The maximum absolute atomic E-state index is 8.24. The monoisotopic (exact) mass is 311 g/mol. The highest BCUT2D eigenvalue weighted by molar-refractivity contribution is 6.52. The first kappa shape index (κ1) is 14.2. The van der Waals surface area contributed by atoms with Crippen molar-refractivity contribution < 1.29 is 0 Å². The van der Waals surface area contributed by atoms with Crippen molar-refractivity contribution in [2.75, 3.05) is 10.4 Å². The molecule has 0 amide bonds. The van der Waals surface area contributed by atoms with E-state index >= 15 is 0 Å². The fourth-order valence-electron chi connectivity index (χ4n) is 2.03. The summed E-state index contributed by atoms with van der Waals surface area (Å²) in [6.45, 7) is 3.90. The van der Waals surface area contributed by atoms with Crippen LogP contribution in [-0.4, -0.2) is 11.5 Å². The lowest BCUT2D eigenvalue weighted by atomic mass is 10.3. The van der Waals surface area contributed by atoms with E-state index in [2.05, 4.69) is 22.5 Å². The minimum absolute atomic E-state index is 0.234. The van der Waals surface area contributed by atoms with Crippen LogP contribution < -0.4 is 15.9 Å². The second kappa shape index (κ2) is 5.91. The fraction of sp³-hybridized carbons (Fsp3) is 0. The zero-order chi connectivity index (χ0) is 15.5. The van der Waals surface area contributed by atoms with Crippen molar-refractivity contribution in [2.24, 2.45) is 5.10 Å². The van der Waals surface area contributed by atoms with Gasteiger partial charge in [-0.05, 0) is 36.4 Å². The number of nitrogens with zero attached hydrogens (tertiary/aromatic N) is 2. The molecule has 1 saturated heterocycles. The SMILES string of the molecule is C=C1NN(c2ccccc2)C(=N)C1=NNc1ccc(Cl)cc1. The smallest absolute Gasteiger partial charge is 0.174 e. The Hall–Kier alpha value is -2.79. The van der Waals surface area contributed by atoms with Gasteiger partial charge in [0.15, 0.2) is 11.5 Å². The maximum atomic E-state index is 8.24. The van der Waals surface area contributed by atoms with E-state index in [4.69, 9.17) is 17.0 Å². The van der Waals surface area contributed by atoms with Crippen molar-refractivity contribution in [3.63, 3.8) is 0 Å². The first-order chi connectivity index (χ1) is 10.6. The number of hydrazine groups is 1. The standard InChI is InChI=1S/C16H14ClN5/c1-11-15(20-19-13-9-7-12(17)8-10-13)16(18)22(21-11)14-5-3-2-4-6-14/h2-10,18-19,21H,1H2. The number of para-hydroxylation sites is 1. The van der Waals surface area contributed by atoms with Crippen LogP contribution in [0.5, 0.6) is 0 Å². The number of halogens is 1. The van der Waals surface area contributed by atoms with Crippen molar-refractivity contribution in [3.05, 3.63) is 71.9 Å². The van der Waals surface area contributed by atoms with Gasteiger partial charge in [0.2, 0.25) is 0 Å². The van der Waals surface area contributed by atoms with E-state index in [1.165, 1.54) is 0 Å². The van der Waals surface area contributed by atoms with E-state index in [-0.39, 0.29) is 5.84 Å². The molecule has 1 heterocycles. The number of benzene rings is 2. The van der Waals surface area contributed by atoms with E-state index < -0.39 is 0 Å². The summed E-state index contributed by atoms with van der Waals surface area (Å²) < 4.78 is 0. The minimum Gasteiger partial charge on any atom is -0.291 e. The first-order valence-corrected chi connectivity index (χ1v) is 7.02. The molecule has 22 heavy (non-hydrogen) atoms. The molecule has 0 atom stereocenters. The third kappa shape index (κ3) is 2.80. The zero-order valence-corrected chi connectivity index (χ0v) is 12.4. The lowest BCUT2D eigenvalue weighted by Crippen LogP contribution is -2.33. The number of nitrogens with one attached hydrogen (secondary N) is 3. The normalized spacial score (nSPS) is 16.0. The Morgan fingerprint density at radius 2 is 1.77 bits per heavy atom. The molecule has 3 N–H and O–H groups in total. The van der Waals surface area contributed by atoms with Gasteiger partial charge in [0.1, 0.15) is 0 Å². The van der Waals surface area contributed by atoms with Crippen LogP contribution in [0.1, 0.15) is 0 Å². The molecule has 2 aromatic carbocycles. The van der Waals surface area contributed by atoms with Crippen LogP contribution in [0.3, 0.4) is 0 Å². The van der Waals surface area contributed by atoms with Crippen LogP contribution in [0.4, 0.5) is 11.4 Å². The maximum Gasteiger partial charge on any atom is 0.174 e. The number of rotatable bonds is 3. The fourth-order valence-corrected chi connectivity index (χ4v) is 2.15. The van der Waals surface area contributed by atoms with E-state index in [0.717, 1.165) is 11.4 Å². The molecule has 3 rings (SSSR count). The van der Waals surface area contributed by atoms with E-state index in [1.54, 1.807) is 17.1 Å². The van der Waals surface area contributed by atoms with Gasteiger partial charge >= 0.3 is 0 Å². The van der Waals surface area contributed by atoms with Crippen molar-refractivity contribution in [1.82, 2.24) is 5.43 Å². The van der Waals surface area contributed by atoms with Crippen LogP contribution in [0.25, 0.3) is 0 Å². The Morgan fingerprint density at radius 3 is 2.45 bits per heavy atom.